The van der Waals surface area contributed by atoms with Crippen LogP contribution in [0.1, 0.15) is 34.8 Å². The lowest BCUT2D eigenvalue weighted by molar-refractivity contribution is -0.121. The standard InChI is InChI=1S/C18H19FN2O2/c1-2-13-7-9-14(10-8-13)11-12-17(22)20-21-18(23)15-5-3-4-6-16(15)19/h3-10H,2,11-12H2,1H3,(H,20,22)(H,21,23). The molecule has 0 atom stereocenters. The molecular weight excluding hydrogens is 295 g/mol. The topological polar surface area (TPSA) is 58.2 Å². The summed E-state index contributed by atoms with van der Waals surface area (Å²) >= 11 is 0. The van der Waals surface area contributed by atoms with Crippen molar-refractivity contribution in [1.29, 1.82) is 0 Å². The molecule has 0 spiro atoms. The quantitative estimate of drug-likeness (QED) is 0.834. The van der Waals surface area contributed by atoms with Gasteiger partial charge in [-0.25, -0.2) is 4.39 Å². The molecule has 0 saturated heterocycles. The lowest BCUT2D eigenvalue weighted by atomic mass is 10.1. The maximum Gasteiger partial charge on any atom is 0.272 e. The van der Waals surface area contributed by atoms with Crippen LogP contribution in [0.4, 0.5) is 4.39 Å². The van der Waals surface area contributed by atoms with Crippen LogP contribution in [-0.2, 0) is 17.6 Å². The molecule has 0 aliphatic carbocycles. The number of hydrogen-bond acceptors (Lipinski definition) is 2. The molecular formula is C18H19FN2O2. The molecule has 120 valence electrons. The van der Waals surface area contributed by atoms with E-state index in [4.69, 9.17) is 0 Å². The van der Waals surface area contributed by atoms with E-state index in [9.17, 15) is 14.0 Å². The highest BCUT2D eigenvalue weighted by molar-refractivity contribution is 5.95. The van der Waals surface area contributed by atoms with Crippen molar-refractivity contribution in [2.24, 2.45) is 0 Å². The van der Waals surface area contributed by atoms with Crippen LogP contribution in [0, 0.1) is 5.82 Å². The lowest BCUT2D eigenvalue weighted by Crippen LogP contribution is -2.42. The summed E-state index contributed by atoms with van der Waals surface area (Å²) in [5, 5.41) is 0. The molecule has 0 aromatic heterocycles. The molecule has 0 aliphatic rings. The Kier molecular flexibility index (Phi) is 5.86. The summed E-state index contributed by atoms with van der Waals surface area (Å²) in [5.74, 6) is -1.63. The molecule has 0 aliphatic heterocycles. The molecule has 2 rings (SSSR count). The van der Waals surface area contributed by atoms with Crippen LogP contribution in [0.15, 0.2) is 48.5 Å². The highest BCUT2D eigenvalue weighted by Crippen LogP contribution is 2.07. The zero-order valence-electron chi connectivity index (χ0n) is 12.9. The molecule has 2 N–H and O–H groups in total. The van der Waals surface area contributed by atoms with Gasteiger partial charge in [-0.05, 0) is 36.1 Å². The van der Waals surface area contributed by atoms with Crippen molar-refractivity contribution in [1.82, 2.24) is 10.9 Å². The average Bonchev–Trinajstić information content (AvgIpc) is 2.58. The van der Waals surface area contributed by atoms with Crippen molar-refractivity contribution in [2.45, 2.75) is 26.2 Å². The fourth-order valence-electron chi connectivity index (χ4n) is 2.10. The van der Waals surface area contributed by atoms with E-state index < -0.39 is 11.7 Å². The Labute approximate surface area is 134 Å². The first kappa shape index (κ1) is 16.7. The van der Waals surface area contributed by atoms with Crippen LogP contribution in [0.2, 0.25) is 0 Å². The van der Waals surface area contributed by atoms with Gasteiger partial charge in [0.2, 0.25) is 5.91 Å². The third-order valence-electron chi connectivity index (χ3n) is 3.51. The van der Waals surface area contributed by atoms with Gasteiger partial charge in [-0.1, -0.05) is 43.3 Å². The second kappa shape index (κ2) is 8.08. The van der Waals surface area contributed by atoms with E-state index in [0.29, 0.717) is 6.42 Å². The minimum atomic E-state index is -0.677. The molecule has 0 radical (unpaired) electrons. The van der Waals surface area contributed by atoms with Gasteiger partial charge in [0.15, 0.2) is 0 Å². The molecule has 2 aromatic carbocycles. The van der Waals surface area contributed by atoms with Gasteiger partial charge in [0.25, 0.3) is 5.91 Å². The number of carbonyl (C=O) groups excluding carboxylic acids is 2. The van der Waals surface area contributed by atoms with Crippen molar-refractivity contribution in [3.63, 3.8) is 0 Å². The van der Waals surface area contributed by atoms with E-state index in [-0.39, 0.29) is 17.9 Å². The second-order valence-electron chi connectivity index (χ2n) is 5.15. The van der Waals surface area contributed by atoms with Crippen LogP contribution in [0.5, 0.6) is 0 Å². The Balaban J connectivity index is 1.78. The van der Waals surface area contributed by atoms with Gasteiger partial charge in [-0.15, -0.1) is 0 Å². The number of benzene rings is 2. The number of carbonyl (C=O) groups is 2. The maximum atomic E-state index is 13.4. The summed E-state index contributed by atoms with van der Waals surface area (Å²) in [6, 6.07) is 13.6. The number of aryl methyl sites for hydroxylation is 2. The van der Waals surface area contributed by atoms with E-state index in [2.05, 4.69) is 17.8 Å². The van der Waals surface area contributed by atoms with Gasteiger partial charge in [0.05, 0.1) is 5.56 Å². The molecule has 23 heavy (non-hydrogen) atoms. The molecule has 0 heterocycles. The number of hydrogen-bond donors (Lipinski definition) is 2. The molecule has 0 unspecified atom stereocenters. The smallest absolute Gasteiger partial charge is 0.272 e. The normalized spacial score (nSPS) is 10.2. The summed E-state index contributed by atoms with van der Waals surface area (Å²) in [4.78, 5) is 23.5. The van der Waals surface area contributed by atoms with Crippen molar-refractivity contribution >= 4 is 11.8 Å². The van der Waals surface area contributed by atoms with Crippen LogP contribution >= 0.6 is 0 Å². The molecule has 2 amide bonds. The van der Waals surface area contributed by atoms with Gasteiger partial charge in [0, 0.05) is 6.42 Å². The summed E-state index contributed by atoms with van der Waals surface area (Å²) in [6.45, 7) is 2.08. The van der Waals surface area contributed by atoms with Crippen LogP contribution < -0.4 is 10.9 Å². The van der Waals surface area contributed by atoms with Gasteiger partial charge in [-0.3, -0.25) is 20.4 Å². The third-order valence-corrected chi connectivity index (χ3v) is 3.51. The first-order valence-corrected chi connectivity index (χ1v) is 7.51. The predicted molar refractivity (Wildman–Crippen MR) is 86.1 cm³/mol. The van der Waals surface area contributed by atoms with Crippen molar-refractivity contribution < 1.29 is 14.0 Å². The maximum absolute atomic E-state index is 13.4. The number of nitrogens with one attached hydrogen (secondary N) is 2. The first-order valence-electron chi connectivity index (χ1n) is 7.51. The van der Waals surface area contributed by atoms with E-state index in [0.717, 1.165) is 12.0 Å². The van der Waals surface area contributed by atoms with Gasteiger partial charge in [-0.2, -0.15) is 0 Å². The number of hydrazine groups is 1. The van der Waals surface area contributed by atoms with Crippen molar-refractivity contribution in [3.8, 4) is 0 Å². The zero-order chi connectivity index (χ0) is 16.7. The van der Waals surface area contributed by atoms with Crippen molar-refractivity contribution in [2.75, 3.05) is 0 Å². The fourth-order valence-corrected chi connectivity index (χ4v) is 2.10. The van der Waals surface area contributed by atoms with E-state index >= 15 is 0 Å². The number of amides is 2. The molecule has 0 bridgehead atoms. The van der Waals surface area contributed by atoms with Gasteiger partial charge >= 0.3 is 0 Å². The predicted octanol–water partition coefficient (Wildman–Crippen LogP) is 2.78. The monoisotopic (exact) mass is 314 g/mol. The molecule has 5 heteroatoms. The minimum Gasteiger partial charge on any atom is -0.273 e. The Morgan fingerprint density at radius 1 is 0.957 bits per heavy atom. The molecule has 2 aromatic rings. The highest BCUT2D eigenvalue weighted by atomic mass is 19.1. The average molecular weight is 314 g/mol. The zero-order valence-corrected chi connectivity index (χ0v) is 12.9. The Bertz CT molecular complexity index is 684. The summed E-state index contributed by atoms with van der Waals surface area (Å²) in [6.07, 6.45) is 1.79. The minimum absolute atomic E-state index is 0.108. The number of halogens is 1. The van der Waals surface area contributed by atoms with Gasteiger partial charge in [0.1, 0.15) is 5.82 Å². The lowest BCUT2D eigenvalue weighted by Gasteiger charge is -2.08. The molecule has 0 fully saturated rings. The van der Waals surface area contributed by atoms with E-state index in [1.54, 1.807) is 6.07 Å². The fraction of sp³-hybridized carbons (Fsp3) is 0.222. The first-order chi connectivity index (χ1) is 11.1. The summed E-state index contributed by atoms with van der Waals surface area (Å²) in [7, 11) is 0. The van der Waals surface area contributed by atoms with Crippen LogP contribution in [0.3, 0.4) is 0 Å². The largest absolute Gasteiger partial charge is 0.273 e. The molecule has 4 nitrogen and oxygen atoms in total. The number of rotatable bonds is 5. The van der Waals surface area contributed by atoms with E-state index in [1.165, 1.54) is 23.8 Å². The van der Waals surface area contributed by atoms with Gasteiger partial charge < -0.3 is 0 Å². The third kappa shape index (κ3) is 4.92. The SMILES string of the molecule is CCc1ccc(CCC(=O)NNC(=O)c2ccccc2F)cc1. The summed E-state index contributed by atoms with van der Waals surface area (Å²) in [5.41, 5.74) is 6.70. The van der Waals surface area contributed by atoms with Crippen LogP contribution in [-0.4, -0.2) is 11.8 Å². The highest BCUT2D eigenvalue weighted by Gasteiger charge is 2.11. The van der Waals surface area contributed by atoms with Crippen molar-refractivity contribution in [3.05, 3.63) is 71.0 Å². The molecule has 0 saturated carbocycles. The second-order valence-corrected chi connectivity index (χ2v) is 5.15. The van der Waals surface area contributed by atoms with Crippen LogP contribution in [0.25, 0.3) is 0 Å². The Morgan fingerprint density at radius 2 is 1.61 bits per heavy atom. The summed E-state index contributed by atoms with van der Waals surface area (Å²) < 4.78 is 13.4. The van der Waals surface area contributed by atoms with E-state index in [1.807, 2.05) is 24.3 Å². The Morgan fingerprint density at radius 3 is 2.26 bits per heavy atom. The Hall–Kier alpha value is -2.69.